The van der Waals surface area contributed by atoms with Crippen LogP contribution in [0.3, 0.4) is 0 Å². The summed E-state index contributed by atoms with van der Waals surface area (Å²) in [6.45, 7) is 5.20. The summed E-state index contributed by atoms with van der Waals surface area (Å²) in [6.07, 6.45) is 4.90. The second kappa shape index (κ2) is 8.05. The molecule has 1 atom stereocenters. The van der Waals surface area contributed by atoms with Crippen LogP contribution in [0.4, 0.5) is 5.69 Å². The predicted octanol–water partition coefficient (Wildman–Crippen LogP) is 5.39. The van der Waals surface area contributed by atoms with E-state index in [2.05, 4.69) is 45.7 Å². The molecular formula is C14H21Br2NO. The minimum atomic E-state index is 0.626. The molecule has 1 rings (SSSR count). The summed E-state index contributed by atoms with van der Waals surface area (Å²) in [5, 5.41) is 0. The molecule has 0 amide bonds. The first-order valence-corrected chi connectivity index (χ1v) is 8.04. The first-order valence-electron chi connectivity index (χ1n) is 6.45. The van der Waals surface area contributed by atoms with Gasteiger partial charge in [0.1, 0.15) is 5.75 Å². The summed E-state index contributed by atoms with van der Waals surface area (Å²) in [5.74, 6) is 1.47. The van der Waals surface area contributed by atoms with E-state index in [0.29, 0.717) is 5.92 Å². The fourth-order valence-corrected chi connectivity index (χ4v) is 3.27. The van der Waals surface area contributed by atoms with Crippen molar-refractivity contribution < 1.29 is 4.74 Å². The summed E-state index contributed by atoms with van der Waals surface area (Å²) in [7, 11) is 0. The molecule has 0 spiro atoms. The summed E-state index contributed by atoms with van der Waals surface area (Å²) in [6, 6.07) is 3.74. The van der Waals surface area contributed by atoms with Gasteiger partial charge in [-0.05, 0) is 56.3 Å². The van der Waals surface area contributed by atoms with Gasteiger partial charge >= 0.3 is 0 Å². The predicted molar refractivity (Wildman–Crippen MR) is 85.1 cm³/mol. The lowest BCUT2D eigenvalue weighted by atomic mass is 10.0. The fraction of sp³-hybridized carbons (Fsp3) is 0.571. The molecule has 0 radical (unpaired) electrons. The number of unbranched alkanes of at least 4 members (excludes halogenated alkanes) is 1. The van der Waals surface area contributed by atoms with Crippen LogP contribution in [-0.4, -0.2) is 6.61 Å². The maximum absolute atomic E-state index is 5.92. The minimum absolute atomic E-state index is 0.626. The fourth-order valence-electron chi connectivity index (χ4n) is 1.82. The number of benzene rings is 1. The molecule has 0 fully saturated rings. The van der Waals surface area contributed by atoms with E-state index in [4.69, 9.17) is 10.5 Å². The van der Waals surface area contributed by atoms with E-state index in [0.717, 1.165) is 33.4 Å². The molecule has 0 saturated heterocycles. The third-order valence-electron chi connectivity index (χ3n) is 3.03. The molecule has 2 nitrogen and oxygen atoms in total. The van der Waals surface area contributed by atoms with E-state index in [1.807, 2.05) is 12.1 Å². The molecule has 1 aromatic rings. The zero-order valence-corrected chi connectivity index (χ0v) is 14.2. The average Bonchev–Trinajstić information content (AvgIpc) is 2.31. The molecular weight excluding hydrogens is 358 g/mol. The smallest absolute Gasteiger partial charge is 0.147 e. The van der Waals surface area contributed by atoms with E-state index in [9.17, 15) is 0 Å². The van der Waals surface area contributed by atoms with Crippen LogP contribution >= 0.6 is 31.9 Å². The van der Waals surface area contributed by atoms with Gasteiger partial charge in [-0.25, -0.2) is 0 Å². The van der Waals surface area contributed by atoms with Crippen LogP contribution in [0.5, 0.6) is 5.75 Å². The number of hydrogen-bond acceptors (Lipinski definition) is 2. The summed E-state index contributed by atoms with van der Waals surface area (Å²) in [4.78, 5) is 0. The Morgan fingerprint density at radius 1 is 1.22 bits per heavy atom. The molecule has 102 valence electrons. The van der Waals surface area contributed by atoms with Gasteiger partial charge in [0.25, 0.3) is 0 Å². The lowest BCUT2D eigenvalue weighted by molar-refractivity contribution is 0.231. The number of nitrogen functional groups attached to an aromatic ring is 1. The number of halogens is 2. The van der Waals surface area contributed by atoms with Gasteiger partial charge in [-0.1, -0.05) is 33.1 Å². The van der Waals surface area contributed by atoms with Crippen molar-refractivity contribution in [3.8, 4) is 5.75 Å². The monoisotopic (exact) mass is 377 g/mol. The zero-order valence-electron chi connectivity index (χ0n) is 11.0. The highest BCUT2D eigenvalue weighted by Gasteiger charge is 2.11. The van der Waals surface area contributed by atoms with E-state index in [-0.39, 0.29) is 0 Å². The molecule has 0 aromatic heterocycles. The third kappa shape index (κ3) is 4.81. The van der Waals surface area contributed by atoms with Crippen molar-refractivity contribution in [3.63, 3.8) is 0 Å². The van der Waals surface area contributed by atoms with Gasteiger partial charge in [0, 0.05) is 5.69 Å². The molecule has 1 aromatic carbocycles. The Kier molecular flexibility index (Phi) is 7.08. The van der Waals surface area contributed by atoms with Crippen LogP contribution in [0.25, 0.3) is 0 Å². The maximum Gasteiger partial charge on any atom is 0.147 e. The summed E-state index contributed by atoms with van der Waals surface area (Å²) in [5.41, 5.74) is 6.48. The first kappa shape index (κ1) is 15.8. The average molecular weight is 379 g/mol. The Morgan fingerprint density at radius 3 is 2.33 bits per heavy atom. The van der Waals surface area contributed by atoms with Gasteiger partial charge in [-0.3, -0.25) is 0 Å². The van der Waals surface area contributed by atoms with Gasteiger partial charge in [0.15, 0.2) is 0 Å². The Morgan fingerprint density at radius 2 is 1.83 bits per heavy atom. The first-order chi connectivity index (χ1) is 8.58. The SMILES string of the molecule is CCCCC(CC)COc1c(Br)cc(N)cc1Br. The van der Waals surface area contributed by atoms with Gasteiger partial charge in [-0.2, -0.15) is 0 Å². The number of rotatable bonds is 7. The number of hydrogen-bond donors (Lipinski definition) is 1. The second-order valence-corrected chi connectivity index (χ2v) is 6.25. The van der Waals surface area contributed by atoms with E-state index < -0.39 is 0 Å². The van der Waals surface area contributed by atoms with Crippen molar-refractivity contribution in [2.75, 3.05) is 12.3 Å². The molecule has 0 aliphatic heterocycles. The van der Waals surface area contributed by atoms with Crippen LogP contribution in [0.2, 0.25) is 0 Å². The van der Waals surface area contributed by atoms with Crippen molar-refractivity contribution in [3.05, 3.63) is 21.1 Å². The van der Waals surface area contributed by atoms with Crippen LogP contribution in [-0.2, 0) is 0 Å². The normalized spacial score (nSPS) is 12.4. The topological polar surface area (TPSA) is 35.2 Å². The standard InChI is InChI=1S/C14H21Br2NO/c1-3-5-6-10(4-2)9-18-14-12(15)7-11(17)8-13(14)16/h7-8,10H,3-6,9,17H2,1-2H3. The van der Waals surface area contributed by atoms with E-state index in [1.165, 1.54) is 19.3 Å². The van der Waals surface area contributed by atoms with Crippen molar-refractivity contribution in [1.29, 1.82) is 0 Å². The summed E-state index contributed by atoms with van der Waals surface area (Å²) >= 11 is 6.98. The van der Waals surface area contributed by atoms with Crippen molar-refractivity contribution >= 4 is 37.5 Å². The zero-order chi connectivity index (χ0) is 13.5. The molecule has 0 heterocycles. The highest BCUT2D eigenvalue weighted by molar-refractivity contribution is 9.11. The molecule has 0 aliphatic rings. The number of anilines is 1. The van der Waals surface area contributed by atoms with Gasteiger partial charge in [0.05, 0.1) is 15.6 Å². The van der Waals surface area contributed by atoms with Crippen LogP contribution in [0, 0.1) is 5.92 Å². The number of ether oxygens (including phenoxy) is 1. The lowest BCUT2D eigenvalue weighted by Crippen LogP contribution is -2.11. The maximum atomic E-state index is 5.92. The Labute approximate surface area is 127 Å². The van der Waals surface area contributed by atoms with E-state index >= 15 is 0 Å². The largest absolute Gasteiger partial charge is 0.491 e. The van der Waals surface area contributed by atoms with Crippen molar-refractivity contribution in [2.45, 2.75) is 39.5 Å². The van der Waals surface area contributed by atoms with Crippen LogP contribution in [0.15, 0.2) is 21.1 Å². The Balaban J connectivity index is 2.62. The van der Waals surface area contributed by atoms with Crippen LogP contribution < -0.4 is 10.5 Å². The molecule has 0 saturated carbocycles. The highest BCUT2D eigenvalue weighted by atomic mass is 79.9. The minimum Gasteiger partial charge on any atom is -0.491 e. The van der Waals surface area contributed by atoms with Gasteiger partial charge < -0.3 is 10.5 Å². The molecule has 4 heteroatoms. The lowest BCUT2D eigenvalue weighted by Gasteiger charge is -2.17. The molecule has 2 N–H and O–H groups in total. The van der Waals surface area contributed by atoms with E-state index in [1.54, 1.807) is 0 Å². The van der Waals surface area contributed by atoms with Crippen molar-refractivity contribution in [2.24, 2.45) is 5.92 Å². The van der Waals surface area contributed by atoms with Gasteiger partial charge in [-0.15, -0.1) is 0 Å². The van der Waals surface area contributed by atoms with Gasteiger partial charge in [0.2, 0.25) is 0 Å². The third-order valence-corrected chi connectivity index (χ3v) is 4.21. The van der Waals surface area contributed by atoms with Crippen LogP contribution in [0.1, 0.15) is 39.5 Å². The molecule has 1 unspecified atom stereocenters. The second-order valence-electron chi connectivity index (χ2n) is 4.54. The number of nitrogens with two attached hydrogens (primary N) is 1. The molecule has 0 aliphatic carbocycles. The highest BCUT2D eigenvalue weighted by Crippen LogP contribution is 2.36. The Hall–Kier alpha value is -0.220. The summed E-state index contributed by atoms with van der Waals surface area (Å²) < 4.78 is 7.73. The Bertz CT molecular complexity index is 359. The van der Waals surface area contributed by atoms with Crippen molar-refractivity contribution in [1.82, 2.24) is 0 Å². The molecule has 18 heavy (non-hydrogen) atoms. The molecule has 0 bridgehead atoms. The quantitative estimate of drug-likeness (QED) is 0.645.